The molecular formula is C30H31F6N5O8. The number of carbonyl (C=O) groups is 4. The van der Waals surface area contributed by atoms with E-state index in [1.165, 1.54) is 0 Å². The summed E-state index contributed by atoms with van der Waals surface area (Å²) in [5, 5.41) is 17.2. The molecule has 1 aromatic carbocycles. The topological polar surface area (TPSA) is 173 Å². The predicted octanol–water partition coefficient (Wildman–Crippen LogP) is 3.71. The number of carboxylic acids is 2. The van der Waals surface area contributed by atoms with E-state index in [1.807, 2.05) is 54.1 Å². The first-order valence-corrected chi connectivity index (χ1v) is 14.3. The number of imidazole rings is 1. The molecule has 2 aliphatic heterocycles. The Hall–Kier alpha value is -5.20. The SMILES string of the molecule is COc1cccc(CNC(=O)C2Cn3ccnc3C3(CCN(C(=O)c4cccc(C)n4)CC3)O2)c1.O=C(O)C(F)(F)F.O=C(O)C(F)(F)F. The lowest BCUT2D eigenvalue weighted by Gasteiger charge is -2.45. The Bertz CT molecular complexity index is 1610. The zero-order valence-corrected chi connectivity index (χ0v) is 25.9. The molecule has 1 unspecified atom stereocenters. The van der Waals surface area contributed by atoms with Crippen LogP contribution in [0.3, 0.4) is 0 Å². The summed E-state index contributed by atoms with van der Waals surface area (Å²) in [7, 11) is 1.62. The van der Waals surface area contributed by atoms with Crippen LogP contribution < -0.4 is 10.1 Å². The number of nitrogens with zero attached hydrogens (tertiary/aromatic N) is 4. The van der Waals surface area contributed by atoms with Gasteiger partial charge in [-0.15, -0.1) is 0 Å². The van der Waals surface area contributed by atoms with Crippen molar-refractivity contribution in [3.05, 3.63) is 77.6 Å². The number of hydrogen-bond donors (Lipinski definition) is 3. The number of carbonyl (C=O) groups excluding carboxylic acids is 2. The van der Waals surface area contributed by atoms with Crippen LogP contribution in [-0.2, 0) is 37.8 Å². The van der Waals surface area contributed by atoms with Crippen LogP contribution in [0.4, 0.5) is 26.3 Å². The maximum atomic E-state index is 13.1. The van der Waals surface area contributed by atoms with Crippen LogP contribution in [0.1, 0.15) is 40.4 Å². The van der Waals surface area contributed by atoms with Gasteiger partial charge >= 0.3 is 24.3 Å². The number of piperidine rings is 1. The number of halogens is 6. The summed E-state index contributed by atoms with van der Waals surface area (Å²) in [4.78, 5) is 54.6. The number of carboxylic acid groups (broad SMARTS) is 2. The maximum absolute atomic E-state index is 13.1. The molecule has 0 aliphatic carbocycles. The molecule has 0 radical (unpaired) electrons. The lowest BCUT2D eigenvalue weighted by atomic mass is 9.88. The summed E-state index contributed by atoms with van der Waals surface area (Å²) in [5.74, 6) is -4.21. The standard InChI is InChI=1S/C26H29N5O4.2C2HF3O2/c1-18-5-3-8-21(29-18)24(33)30-12-9-26(10-13-30)25-27-11-14-31(25)17-22(35-26)23(32)28-16-19-6-4-7-20(15-19)34-2;2*3-2(4,5)1(6)7/h3-8,11,14-15,22H,9-10,12-13,16-17H2,1-2H3,(H,28,32);2*(H,6,7). The number of benzene rings is 1. The molecule has 2 aliphatic rings. The highest BCUT2D eigenvalue weighted by Crippen LogP contribution is 2.40. The summed E-state index contributed by atoms with van der Waals surface area (Å²) in [6.07, 6.45) is -6.08. The highest BCUT2D eigenvalue weighted by atomic mass is 19.4. The van der Waals surface area contributed by atoms with Gasteiger partial charge in [0.2, 0.25) is 0 Å². The number of methoxy groups -OCH3 is 1. The van der Waals surface area contributed by atoms with E-state index in [2.05, 4.69) is 15.3 Å². The molecule has 19 heteroatoms. The number of aliphatic carboxylic acids is 2. The van der Waals surface area contributed by atoms with Crippen LogP contribution in [0.2, 0.25) is 0 Å². The van der Waals surface area contributed by atoms with Gasteiger partial charge in [-0.1, -0.05) is 18.2 Å². The van der Waals surface area contributed by atoms with Crippen molar-refractivity contribution >= 4 is 23.8 Å². The number of amides is 2. The molecule has 49 heavy (non-hydrogen) atoms. The highest BCUT2D eigenvalue weighted by molar-refractivity contribution is 5.92. The van der Waals surface area contributed by atoms with Gasteiger partial charge in [0.25, 0.3) is 11.8 Å². The normalized spacial score (nSPS) is 16.6. The minimum absolute atomic E-state index is 0.0877. The summed E-state index contributed by atoms with van der Waals surface area (Å²) in [5.41, 5.74) is 1.49. The first-order valence-electron chi connectivity index (χ1n) is 14.3. The average molecular weight is 704 g/mol. The van der Waals surface area contributed by atoms with Gasteiger partial charge in [-0.05, 0) is 36.8 Å². The van der Waals surface area contributed by atoms with Crippen molar-refractivity contribution in [1.29, 1.82) is 0 Å². The third kappa shape index (κ3) is 10.4. The van der Waals surface area contributed by atoms with Crippen molar-refractivity contribution in [2.75, 3.05) is 20.2 Å². The molecule has 3 N–H and O–H groups in total. The first-order chi connectivity index (χ1) is 22.9. The Morgan fingerprint density at radius 3 is 2.14 bits per heavy atom. The van der Waals surface area contributed by atoms with E-state index >= 15 is 0 Å². The zero-order valence-electron chi connectivity index (χ0n) is 25.9. The van der Waals surface area contributed by atoms with E-state index in [0.29, 0.717) is 44.7 Å². The van der Waals surface area contributed by atoms with E-state index in [0.717, 1.165) is 22.8 Å². The molecule has 2 aromatic heterocycles. The van der Waals surface area contributed by atoms with Gasteiger partial charge in [0.05, 0.1) is 13.7 Å². The summed E-state index contributed by atoms with van der Waals surface area (Å²) >= 11 is 0. The summed E-state index contributed by atoms with van der Waals surface area (Å²) in [6, 6.07) is 13.1. The number of aryl methyl sites for hydroxylation is 1. The number of rotatable bonds is 5. The molecule has 1 fully saturated rings. The van der Waals surface area contributed by atoms with Gasteiger partial charge in [0, 0.05) is 50.6 Å². The molecular weight excluding hydrogens is 672 g/mol. The number of likely N-dealkylation sites (tertiary alicyclic amines) is 1. The second-order valence-electron chi connectivity index (χ2n) is 10.6. The maximum Gasteiger partial charge on any atom is 0.490 e. The lowest BCUT2D eigenvalue weighted by Crippen LogP contribution is -2.54. The fraction of sp³-hybridized carbons (Fsp3) is 0.400. The number of pyridine rings is 1. The minimum atomic E-state index is -5.08. The van der Waals surface area contributed by atoms with Gasteiger partial charge in [0.1, 0.15) is 22.9 Å². The summed E-state index contributed by atoms with van der Waals surface area (Å²) in [6.45, 7) is 3.65. The summed E-state index contributed by atoms with van der Waals surface area (Å²) < 4.78 is 77.2. The monoisotopic (exact) mass is 703 g/mol. The number of alkyl halides is 6. The minimum Gasteiger partial charge on any atom is -0.497 e. The number of nitrogens with one attached hydrogen (secondary N) is 1. The third-order valence-electron chi connectivity index (χ3n) is 7.20. The largest absolute Gasteiger partial charge is 0.497 e. The third-order valence-corrected chi connectivity index (χ3v) is 7.20. The Morgan fingerprint density at radius 1 is 1.00 bits per heavy atom. The molecule has 1 atom stereocenters. The van der Waals surface area contributed by atoms with Gasteiger partial charge < -0.3 is 34.5 Å². The predicted molar refractivity (Wildman–Crippen MR) is 155 cm³/mol. The highest BCUT2D eigenvalue weighted by Gasteiger charge is 2.48. The van der Waals surface area contributed by atoms with Gasteiger partial charge in [-0.25, -0.2) is 19.6 Å². The van der Waals surface area contributed by atoms with Crippen LogP contribution in [0.5, 0.6) is 5.75 Å². The Kier molecular flexibility index (Phi) is 12.3. The van der Waals surface area contributed by atoms with E-state index in [9.17, 15) is 35.9 Å². The van der Waals surface area contributed by atoms with Gasteiger partial charge in [0.15, 0.2) is 6.10 Å². The van der Waals surface area contributed by atoms with Gasteiger partial charge in [-0.2, -0.15) is 26.3 Å². The number of fused-ring (bicyclic) bond motifs is 2. The van der Waals surface area contributed by atoms with E-state index in [4.69, 9.17) is 29.3 Å². The number of hydrogen-bond acceptors (Lipinski definition) is 8. The molecule has 266 valence electrons. The molecule has 2 amide bonds. The number of aromatic nitrogens is 3. The fourth-order valence-electron chi connectivity index (χ4n) is 4.86. The Labute approximate surface area is 274 Å². The van der Waals surface area contributed by atoms with Crippen molar-refractivity contribution in [2.24, 2.45) is 0 Å². The fourth-order valence-corrected chi connectivity index (χ4v) is 4.86. The van der Waals surface area contributed by atoms with Crippen molar-refractivity contribution in [3.63, 3.8) is 0 Å². The van der Waals surface area contributed by atoms with E-state index in [1.54, 1.807) is 24.3 Å². The molecule has 13 nitrogen and oxygen atoms in total. The smallest absolute Gasteiger partial charge is 0.490 e. The first kappa shape index (κ1) is 38.2. The van der Waals surface area contributed by atoms with E-state index in [-0.39, 0.29) is 11.8 Å². The van der Waals surface area contributed by atoms with Crippen LogP contribution in [-0.4, -0.2) is 92.1 Å². The molecule has 1 saturated heterocycles. The van der Waals surface area contributed by atoms with Gasteiger partial charge in [-0.3, -0.25) is 9.59 Å². The molecule has 3 aromatic rings. The molecule has 0 bridgehead atoms. The molecule has 1 spiro atoms. The van der Waals surface area contributed by atoms with Crippen molar-refractivity contribution < 1.29 is 65.2 Å². The second-order valence-corrected chi connectivity index (χ2v) is 10.6. The second kappa shape index (κ2) is 15.8. The van der Waals surface area contributed by atoms with Crippen molar-refractivity contribution in [2.45, 2.75) is 56.9 Å². The number of ether oxygens (including phenoxy) is 2. The average Bonchev–Trinajstić information content (AvgIpc) is 3.53. The quantitative estimate of drug-likeness (QED) is 0.333. The molecule has 4 heterocycles. The van der Waals surface area contributed by atoms with Crippen molar-refractivity contribution in [3.8, 4) is 5.75 Å². The van der Waals surface area contributed by atoms with Crippen molar-refractivity contribution in [1.82, 2.24) is 24.8 Å². The van der Waals surface area contributed by atoms with Crippen LogP contribution >= 0.6 is 0 Å². The van der Waals surface area contributed by atoms with Crippen LogP contribution in [0.25, 0.3) is 0 Å². The van der Waals surface area contributed by atoms with Crippen LogP contribution in [0.15, 0.2) is 54.9 Å². The zero-order chi connectivity index (χ0) is 36.6. The molecule has 0 saturated carbocycles. The van der Waals surface area contributed by atoms with Crippen LogP contribution in [0, 0.1) is 6.92 Å². The lowest BCUT2D eigenvalue weighted by molar-refractivity contribution is -0.193. The Morgan fingerprint density at radius 2 is 1.59 bits per heavy atom. The molecule has 5 rings (SSSR count). The Balaban J connectivity index is 0.000000392. The van der Waals surface area contributed by atoms with E-state index < -0.39 is 36.0 Å².